The lowest BCUT2D eigenvalue weighted by Gasteiger charge is -2.40. The number of pyridine rings is 3. The fourth-order valence-electron chi connectivity index (χ4n) is 3.78. The van der Waals surface area contributed by atoms with Crippen molar-refractivity contribution < 1.29 is 31.8 Å². The van der Waals surface area contributed by atoms with Gasteiger partial charge in [-0.05, 0) is 24.6 Å². The van der Waals surface area contributed by atoms with Gasteiger partial charge in [0.2, 0.25) is 5.91 Å². The quantitative estimate of drug-likeness (QED) is 0.322. The Hall–Kier alpha value is -3.80. The van der Waals surface area contributed by atoms with Crippen LogP contribution in [-0.2, 0) is 4.79 Å². The molecule has 1 amide bonds. The number of carbonyl (C=O) groups is 1. The maximum Gasteiger partial charge on any atom is 0.257 e. The third-order valence-electron chi connectivity index (χ3n) is 5.79. The van der Waals surface area contributed by atoms with Crippen molar-refractivity contribution in [3.05, 3.63) is 77.5 Å². The molecule has 4 rings (SSSR count). The molecule has 1 aliphatic rings. The fourth-order valence-corrected chi connectivity index (χ4v) is 3.78. The highest BCUT2D eigenvalue weighted by Gasteiger charge is 2.46. The topological polar surface area (TPSA) is 94.3 Å². The van der Waals surface area contributed by atoms with Gasteiger partial charge in [-0.3, -0.25) is 9.69 Å². The molecule has 0 aromatic carbocycles. The number of nitrogens with zero attached hydrogens (tertiary/aromatic N) is 4. The summed E-state index contributed by atoms with van der Waals surface area (Å²) in [5.41, 5.74) is 0.323. The van der Waals surface area contributed by atoms with Gasteiger partial charge in [-0.25, -0.2) is 27.5 Å². The second-order valence-corrected chi connectivity index (χ2v) is 8.14. The van der Waals surface area contributed by atoms with Crippen molar-refractivity contribution in [2.75, 3.05) is 18.4 Å². The number of aromatic nitrogens is 3. The Morgan fingerprint density at radius 1 is 1.23 bits per heavy atom. The highest BCUT2D eigenvalue weighted by Crippen LogP contribution is 2.40. The summed E-state index contributed by atoms with van der Waals surface area (Å²) in [6, 6.07) is 5.44. The monoisotopic (exact) mass is 491 g/mol. The van der Waals surface area contributed by atoms with Gasteiger partial charge in [-0.1, -0.05) is 0 Å². The van der Waals surface area contributed by atoms with Crippen molar-refractivity contribution >= 4 is 11.7 Å². The van der Waals surface area contributed by atoms with E-state index in [1.165, 1.54) is 42.9 Å². The van der Waals surface area contributed by atoms with E-state index in [0.717, 1.165) is 6.20 Å². The van der Waals surface area contributed by atoms with Gasteiger partial charge >= 0.3 is 0 Å². The van der Waals surface area contributed by atoms with Gasteiger partial charge in [0.1, 0.15) is 17.4 Å². The molecule has 0 saturated carbocycles. The summed E-state index contributed by atoms with van der Waals surface area (Å²) >= 11 is 0. The Morgan fingerprint density at radius 2 is 1.97 bits per heavy atom. The zero-order chi connectivity index (χ0) is 25.2. The Labute approximate surface area is 197 Å². The molecule has 0 aliphatic carbocycles. The largest absolute Gasteiger partial charge is 0.619 e. The van der Waals surface area contributed by atoms with Crippen LogP contribution in [0.4, 0.5) is 23.4 Å². The van der Waals surface area contributed by atoms with Gasteiger partial charge in [-0.15, -0.1) is 0 Å². The average molecular weight is 491 g/mol. The van der Waals surface area contributed by atoms with E-state index in [0.29, 0.717) is 16.4 Å². The summed E-state index contributed by atoms with van der Waals surface area (Å²) in [6.45, 7) is 1.55. The first-order chi connectivity index (χ1) is 16.6. The number of alkyl halides is 2. The number of halogens is 4. The molecule has 184 valence electrons. The van der Waals surface area contributed by atoms with Crippen LogP contribution in [0.1, 0.15) is 24.8 Å². The number of likely N-dealkylation sites (tertiary alicyclic amines) is 1. The first-order valence-electron chi connectivity index (χ1n) is 10.7. The number of amides is 1. The Morgan fingerprint density at radius 3 is 2.63 bits per heavy atom. The van der Waals surface area contributed by atoms with E-state index >= 15 is 0 Å². The van der Waals surface area contributed by atoms with Crippen molar-refractivity contribution in [1.29, 1.82) is 0 Å². The van der Waals surface area contributed by atoms with E-state index in [2.05, 4.69) is 15.3 Å². The van der Waals surface area contributed by atoms with Crippen molar-refractivity contribution in [3.8, 4) is 11.6 Å². The highest BCUT2D eigenvalue weighted by molar-refractivity contribution is 5.93. The molecule has 12 heteroatoms. The van der Waals surface area contributed by atoms with Crippen LogP contribution in [0.5, 0.6) is 11.6 Å². The van der Waals surface area contributed by atoms with Crippen molar-refractivity contribution in [1.82, 2.24) is 14.9 Å². The Bertz CT molecular complexity index is 1190. The summed E-state index contributed by atoms with van der Waals surface area (Å²) in [4.78, 5) is 22.0. The van der Waals surface area contributed by atoms with Crippen LogP contribution in [0.2, 0.25) is 0 Å². The van der Waals surface area contributed by atoms with Crippen LogP contribution >= 0.6 is 0 Å². The van der Waals surface area contributed by atoms with Gasteiger partial charge < -0.3 is 15.3 Å². The summed E-state index contributed by atoms with van der Waals surface area (Å²) in [5.74, 6) is -6.57. The van der Waals surface area contributed by atoms with Crippen molar-refractivity contribution in [3.63, 3.8) is 0 Å². The number of piperidine rings is 1. The van der Waals surface area contributed by atoms with Crippen molar-refractivity contribution in [2.24, 2.45) is 0 Å². The maximum atomic E-state index is 14.6. The first-order valence-corrected chi connectivity index (χ1v) is 10.7. The standard InChI is InChI=1S/C23H21F4N5O3/c1-14(31-9-6-23(26,27)18(13-31)15-4-7-32(34)8-5-15)21(33)30-20-3-2-17(12-28-20)35-22-19(25)10-16(24)11-29-22/h2-5,7-8,10-12,14,18H,6,9,13H2,1H3,(H,28,30,33)/t14-,18+/m0/s1. The first kappa shape index (κ1) is 24.3. The third-order valence-corrected chi connectivity index (χ3v) is 5.79. The smallest absolute Gasteiger partial charge is 0.257 e. The molecule has 0 spiro atoms. The maximum absolute atomic E-state index is 14.6. The van der Waals surface area contributed by atoms with Gasteiger partial charge in [-0.2, -0.15) is 4.73 Å². The lowest BCUT2D eigenvalue weighted by molar-refractivity contribution is -0.605. The van der Waals surface area contributed by atoms with E-state index in [-0.39, 0.29) is 24.7 Å². The van der Waals surface area contributed by atoms with E-state index in [4.69, 9.17) is 4.74 Å². The van der Waals surface area contributed by atoms with Crippen LogP contribution < -0.4 is 14.8 Å². The van der Waals surface area contributed by atoms with Gasteiger partial charge in [0.15, 0.2) is 18.2 Å². The van der Waals surface area contributed by atoms with Crippen LogP contribution in [0.25, 0.3) is 0 Å². The van der Waals surface area contributed by atoms with E-state index < -0.39 is 47.7 Å². The summed E-state index contributed by atoms with van der Waals surface area (Å²) in [6.07, 6.45) is 3.93. The number of hydrogen-bond acceptors (Lipinski definition) is 6. The van der Waals surface area contributed by atoms with Crippen LogP contribution in [0.15, 0.2) is 55.1 Å². The Kier molecular flexibility index (Phi) is 6.83. The molecule has 1 aliphatic heterocycles. The molecule has 2 atom stereocenters. The normalized spacial score (nSPS) is 18.6. The van der Waals surface area contributed by atoms with Crippen LogP contribution in [0, 0.1) is 16.8 Å². The molecule has 1 N–H and O–H groups in total. The average Bonchev–Trinajstić information content (AvgIpc) is 2.82. The number of nitrogens with one attached hydrogen (secondary N) is 1. The molecular weight excluding hydrogens is 470 g/mol. The van der Waals surface area contributed by atoms with Crippen LogP contribution in [0.3, 0.4) is 0 Å². The lowest BCUT2D eigenvalue weighted by Crippen LogP contribution is -2.52. The Balaban J connectivity index is 1.39. The summed E-state index contributed by atoms with van der Waals surface area (Å²) in [5, 5.41) is 13.9. The lowest BCUT2D eigenvalue weighted by atomic mass is 9.87. The van der Waals surface area contributed by atoms with Gasteiger partial charge in [0.05, 0.1) is 24.4 Å². The molecule has 35 heavy (non-hydrogen) atoms. The predicted molar refractivity (Wildman–Crippen MR) is 116 cm³/mol. The molecule has 1 saturated heterocycles. The predicted octanol–water partition coefficient (Wildman–Crippen LogP) is 3.63. The second-order valence-electron chi connectivity index (χ2n) is 8.14. The molecular formula is C23H21F4N5O3. The zero-order valence-corrected chi connectivity index (χ0v) is 18.5. The second kappa shape index (κ2) is 9.82. The summed E-state index contributed by atoms with van der Waals surface area (Å²) < 4.78 is 61.6. The number of anilines is 1. The molecule has 0 unspecified atom stereocenters. The molecule has 8 nitrogen and oxygen atoms in total. The molecule has 4 heterocycles. The van der Waals surface area contributed by atoms with Crippen LogP contribution in [-0.4, -0.2) is 45.8 Å². The molecule has 3 aromatic heterocycles. The van der Waals surface area contributed by atoms with E-state index in [9.17, 15) is 27.6 Å². The highest BCUT2D eigenvalue weighted by atomic mass is 19.3. The molecule has 1 fully saturated rings. The summed E-state index contributed by atoms with van der Waals surface area (Å²) in [7, 11) is 0. The number of hydrogen-bond donors (Lipinski definition) is 1. The molecule has 0 radical (unpaired) electrons. The number of rotatable bonds is 6. The third kappa shape index (κ3) is 5.65. The minimum absolute atomic E-state index is 0.0168. The zero-order valence-electron chi connectivity index (χ0n) is 18.5. The van der Waals surface area contributed by atoms with Gasteiger partial charge in [0, 0.05) is 37.7 Å². The van der Waals surface area contributed by atoms with Crippen molar-refractivity contribution in [2.45, 2.75) is 31.2 Å². The van der Waals surface area contributed by atoms with Gasteiger partial charge in [0.25, 0.3) is 11.8 Å². The minimum atomic E-state index is -2.97. The molecule has 0 bridgehead atoms. The number of carbonyl (C=O) groups excluding carboxylic acids is 1. The number of ether oxygens (including phenoxy) is 1. The van der Waals surface area contributed by atoms with E-state index in [1.54, 1.807) is 11.8 Å². The van der Waals surface area contributed by atoms with E-state index in [1.807, 2.05) is 0 Å². The SMILES string of the molecule is C[C@@H](C(=O)Nc1ccc(Oc2ncc(F)cc2F)cn1)N1CCC(F)(F)[C@@H](c2cc[n+]([O-])cc2)C1. The fraction of sp³-hybridized carbons (Fsp3) is 0.304. The minimum Gasteiger partial charge on any atom is -0.619 e. The molecule has 3 aromatic rings.